The fourth-order valence-corrected chi connectivity index (χ4v) is 5.32. The summed E-state index contributed by atoms with van der Waals surface area (Å²) in [5.41, 5.74) is 2.08. The van der Waals surface area contributed by atoms with Gasteiger partial charge in [-0.05, 0) is 63.5 Å². The Morgan fingerprint density at radius 2 is 1.80 bits per heavy atom. The van der Waals surface area contributed by atoms with Crippen molar-refractivity contribution < 1.29 is 13.2 Å². The minimum absolute atomic E-state index is 0.0543. The summed E-state index contributed by atoms with van der Waals surface area (Å²) in [4.78, 5) is 12.4. The van der Waals surface area contributed by atoms with Crippen molar-refractivity contribution in [2.75, 3.05) is 18.4 Å². The molecule has 1 heterocycles. The molecule has 1 amide bonds. The van der Waals surface area contributed by atoms with Gasteiger partial charge in [0, 0.05) is 17.2 Å². The van der Waals surface area contributed by atoms with Crippen molar-refractivity contribution in [1.82, 2.24) is 5.32 Å². The number of piperidine rings is 1. The van der Waals surface area contributed by atoms with Gasteiger partial charge in [0.2, 0.25) is 0 Å². The van der Waals surface area contributed by atoms with Gasteiger partial charge in [-0.3, -0.25) is 4.79 Å². The third kappa shape index (κ3) is 5.21. The normalized spacial score (nSPS) is 15.8. The van der Waals surface area contributed by atoms with Gasteiger partial charge in [0.15, 0.2) is 0 Å². The van der Waals surface area contributed by atoms with Crippen molar-refractivity contribution in [3.63, 3.8) is 0 Å². The number of nitrogens with one attached hydrogen (secondary N) is 2. The molecule has 0 aliphatic carbocycles. The maximum Gasteiger partial charge on any atom is 0.283 e. The number of carbonyl (C=O) groups is 1. The molecule has 0 atom stereocenters. The molecule has 6 nitrogen and oxygen atoms in total. The first-order valence-corrected chi connectivity index (χ1v) is 11.8. The van der Waals surface area contributed by atoms with E-state index in [1.807, 2.05) is 19.1 Å². The number of carbonyl (C=O) groups excluding carboxylic acids is 1. The van der Waals surface area contributed by atoms with Crippen molar-refractivity contribution >= 4 is 50.5 Å². The molecule has 3 rings (SSSR count). The van der Waals surface area contributed by atoms with Crippen molar-refractivity contribution in [3.8, 4) is 0 Å². The highest BCUT2D eigenvalue weighted by molar-refractivity contribution is 7.90. The van der Waals surface area contributed by atoms with Crippen LogP contribution in [-0.4, -0.2) is 33.1 Å². The molecule has 30 heavy (non-hydrogen) atoms. The number of hydrogen-bond acceptors (Lipinski definition) is 4. The number of nitrogens with zero attached hydrogens (tertiary/aromatic N) is 1. The Morgan fingerprint density at radius 1 is 1.13 bits per heavy atom. The highest BCUT2D eigenvalue weighted by Gasteiger charge is 2.23. The molecule has 0 spiro atoms. The number of halogens is 2. The Labute approximate surface area is 186 Å². The monoisotopic (exact) mass is 467 g/mol. The molecule has 1 aliphatic heterocycles. The van der Waals surface area contributed by atoms with Crippen LogP contribution in [0.4, 0.5) is 5.69 Å². The van der Waals surface area contributed by atoms with Crippen molar-refractivity contribution in [2.24, 2.45) is 10.3 Å². The first-order valence-electron chi connectivity index (χ1n) is 9.57. The van der Waals surface area contributed by atoms with Crippen LogP contribution in [-0.2, 0) is 10.0 Å². The van der Waals surface area contributed by atoms with Crippen LogP contribution in [0.2, 0.25) is 10.0 Å². The van der Waals surface area contributed by atoms with E-state index in [2.05, 4.69) is 15.0 Å². The van der Waals surface area contributed by atoms with Crippen LogP contribution in [0.15, 0.2) is 45.7 Å². The SMILES string of the molecule is CC(=NS(=O)(=O)c1cc(Cl)c(NC(=O)c2ccccc2C)cc1Cl)C1CCNCC1. The summed E-state index contributed by atoms with van der Waals surface area (Å²) < 4.78 is 29.6. The van der Waals surface area contributed by atoms with E-state index in [-0.39, 0.29) is 32.5 Å². The zero-order valence-electron chi connectivity index (χ0n) is 16.7. The third-order valence-corrected chi connectivity index (χ3v) is 7.29. The molecule has 2 aromatic carbocycles. The van der Waals surface area contributed by atoms with Gasteiger partial charge in [0.05, 0.1) is 15.7 Å². The lowest BCUT2D eigenvalue weighted by Crippen LogP contribution is -2.31. The fourth-order valence-electron chi connectivity index (χ4n) is 3.39. The summed E-state index contributed by atoms with van der Waals surface area (Å²) in [5, 5.41) is 5.94. The van der Waals surface area contributed by atoms with E-state index in [0.717, 1.165) is 31.5 Å². The number of anilines is 1. The number of hydrogen-bond donors (Lipinski definition) is 2. The molecular weight excluding hydrogens is 445 g/mol. The Bertz CT molecular complexity index is 1090. The topological polar surface area (TPSA) is 87.6 Å². The van der Waals surface area contributed by atoms with E-state index >= 15 is 0 Å². The fraction of sp³-hybridized carbons (Fsp3) is 0.333. The van der Waals surface area contributed by atoms with E-state index in [0.29, 0.717) is 11.3 Å². The van der Waals surface area contributed by atoms with Crippen LogP contribution in [0.3, 0.4) is 0 Å². The van der Waals surface area contributed by atoms with E-state index in [9.17, 15) is 13.2 Å². The molecule has 2 N–H and O–H groups in total. The maximum absolute atomic E-state index is 12.8. The molecule has 0 unspecified atom stereocenters. The molecule has 0 aromatic heterocycles. The molecule has 9 heteroatoms. The highest BCUT2D eigenvalue weighted by atomic mass is 35.5. The van der Waals surface area contributed by atoms with E-state index < -0.39 is 10.0 Å². The van der Waals surface area contributed by atoms with Gasteiger partial charge in [-0.15, -0.1) is 0 Å². The smallest absolute Gasteiger partial charge is 0.283 e. The van der Waals surface area contributed by atoms with Crippen LogP contribution in [0.5, 0.6) is 0 Å². The van der Waals surface area contributed by atoms with E-state index in [1.165, 1.54) is 12.1 Å². The van der Waals surface area contributed by atoms with Crippen LogP contribution >= 0.6 is 23.2 Å². The van der Waals surface area contributed by atoms with Gasteiger partial charge in [-0.1, -0.05) is 41.4 Å². The lowest BCUT2D eigenvalue weighted by atomic mass is 9.94. The molecule has 160 valence electrons. The lowest BCUT2D eigenvalue weighted by Gasteiger charge is -2.22. The predicted molar refractivity (Wildman–Crippen MR) is 121 cm³/mol. The second-order valence-electron chi connectivity index (χ2n) is 7.26. The molecule has 0 radical (unpaired) electrons. The summed E-state index contributed by atoms with van der Waals surface area (Å²) in [6.45, 7) is 5.21. The highest BCUT2D eigenvalue weighted by Crippen LogP contribution is 2.33. The van der Waals surface area contributed by atoms with Crippen LogP contribution in [0.1, 0.15) is 35.7 Å². The second-order valence-corrected chi connectivity index (χ2v) is 9.65. The minimum Gasteiger partial charge on any atom is -0.321 e. The summed E-state index contributed by atoms with van der Waals surface area (Å²) in [5.74, 6) is -0.246. The van der Waals surface area contributed by atoms with Gasteiger partial charge in [0.1, 0.15) is 4.90 Å². The van der Waals surface area contributed by atoms with Gasteiger partial charge >= 0.3 is 0 Å². The van der Waals surface area contributed by atoms with Crippen LogP contribution in [0.25, 0.3) is 0 Å². The summed E-state index contributed by atoms with van der Waals surface area (Å²) in [6, 6.07) is 9.67. The van der Waals surface area contributed by atoms with E-state index in [4.69, 9.17) is 23.2 Å². The van der Waals surface area contributed by atoms with Gasteiger partial charge < -0.3 is 10.6 Å². The first-order chi connectivity index (χ1) is 14.2. The quantitative estimate of drug-likeness (QED) is 0.623. The summed E-state index contributed by atoms with van der Waals surface area (Å²) in [7, 11) is -4.03. The number of aryl methyl sites for hydroxylation is 1. The summed E-state index contributed by atoms with van der Waals surface area (Å²) >= 11 is 12.5. The average molecular weight is 468 g/mol. The van der Waals surface area contributed by atoms with Crippen LogP contribution in [0, 0.1) is 12.8 Å². The molecular formula is C21H23Cl2N3O3S. The molecule has 0 saturated carbocycles. The molecule has 1 saturated heterocycles. The largest absolute Gasteiger partial charge is 0.321 e. The number of benzene rings is 2. The number of sulfonamides is 1. The Balaban J connectivity index is 1.86. The van der Waals surface area contributed by atoms with Gasteiger partial charge in [-0.2, -0.15) is 12.8 Å². The maximum atomic E-state index is 12.8. The Morgan fingerprint density at radius 3 is 2.47 bits per heavy atom. The number of amides is 1. The minimum atomic E-state index is -4.03. The molecule has 1 aliphatic rings. The summed E-state index contributed by atoms with van der Waals surface area (Å²) in [6.07, 6.45) is 1.67. The molecule has 0 bridgehead atoms. The first kappa shape index (κ1) is 22.7. The zero-order chi connectivity index (χ0) is 21.9. The van der Waals surface area contributed by atoms with Gasteiger partial charge in [-0.25, -0.2) is 0 Å². The Kier molecular flexibility index (Phi) is 7.18. The van der Waals surface area contributed by atoms with Crippen molar-refractivity contribution in [3.05, 3.63) is 57.6 Å². The van der Waals surface area contributed by atoms with Crippen LogP contribution < -0.4 is 10.6 Å². The lowest BCUT2D eigenvalue weighted by molar-refractivity contribution is 0.102. The standard InChI is InChI=1S/C21H23Cl2N3O3S/c1-13-5-3-4-6-16(13)21(27)25-19-11-18(23)20(12-17(19)22)30(28,29)26-14(2)15-7-9-24-10-8-15/h3-6,11-12,15,24H,7-10H2,1-2H3,(H,25,27). The van der Waals surface area contributed by atoms with Gasteiger partial charge in [0.25, 0.3) is 15.9 Å². The van der Waals surface area contributed by atoms with Crippen molar-refractivity contribution in [2.45, 2.75) is 31.6 Å². The third-order valence-electron chi connectivity index (χ3n) is 5.13. The zero-order valence-corrected chi connectivity index (χ0v) is 19.0. The van der Waals surface area contributed by atoms with E-state index in [1.54, 1.807) is 19.1 Å². The molecule has 1 fully saturated rings. The molecule has 2 aromatic rings. The Hall–Kier alpha value is -1.93. The second kappa shape index (κ2) is 9.47. The average Bonchev–Trinajstić information content (AvgIpc) is 2.71. The number of rotatable bonds is 5. The van der Waals surface area contributed by atoms with Crippen molar-refractivity contribution in [1.29, 1.82) is 0 Å². The predicted octanol–water partition coefficient (Wildman–Crippen LogP) is 4.70.